The van der Waals surface area contributed by atoms with Crippen LogP contribution in [0, 0.1) is 0 Å². The summed E-state index contributed by atoms with van der Waals surface area (Å²) >= 11 is 0. The first-order valence-corrected chi connectivity index (χ1v) is 21.9. The van der Waals surface area contributed by atoms with Crippen LogP contribution >= 0.6 is 0 Å². The van der Waals surface area contributed by atoms with Crippen molar-refractivity contribution in [2.24, 2.45) is 0 Å². The summed E-state index contributed by atoms with van der Waals surface area (Å²) in [6, 6.07) is 10.4. The molecule has 0 saturated carbocycles. The Bertz CT molecular complexity index is 762. The van der Waals surface area contributed by atoms with Crippen molar-refractivity contribution in [2.75, 3.05) is 6.61 Å². The average molecular weight is 524 g/mol. The molecule has 196 valence electrons. The van der Waals surface area contributed by atoms with Crippen LogP contribution in [0.5, 0.6) is 0 Å². The summed E-state index contributed by atoms with van der Waals surface area (Å²) < 4.78 is 20.5. The highest BCUT2D eigenvalue weighted by Crippen LogP contribution is 2.39. The zero-order valence-corrected chi connectivity index (χ0v) is 27.4. The fraction of sp³-hybridized carbons (Fsp3) is 0.704. The second-order valence-corrected chi connectivity index (χ2v) is 27.5. The molecule has 1 aromatic carbocycles. The van der Waals surface area contributed by atoms with Crippen molar-refractivity contribution in [3.8, 4) is 0 Å². The first-order chi connectivity index (χ1) is 15.2. The molecule has 0 aromatic heterocycles. The van der Waals surface area contributed by atoms with Crippen molar-refractivity contribution < 1.29 is 13.4 Å². The summed E-state index contributed by atoms with van der Waals surface area (Å²) in [7, 11) is -5.91. The van der Waals surface area contributed by atoms with Crippen LogP contribution in [0.4, 0.5) is 0 Å². The lowest BCUT2D eigenvalue weighted by molar-refractivity contribution is -0.144. The number of hydrogen-bond donors (Lipinski definition) is 0. The van der Waals surface area contributed by atoms with E-state index in [2.05, 4.69) is 129 Å². The van der Waals surface area contributed by atoms with E-state index in [-0.39, 0.29) is 22.2 Å². The maximum absolute atomic E-state index is 6.95. The third kappa shape index (κ3) is 9.48. The van der Waals surface area contributed by atoms with Crippen LogP contribution in [0.2, 0.25) is 55.9 Å². The average Bonchev–Trinajstić information content (AvgIpc) is 2.64. The first-order valence-electron chi connectivity index (χ1n) is 12.6. The molecule has 0 aliphatic rings. The normalized spacial score (nSPS) is 15.9. The summed E-state index contributed by atoms with van der Waals surface area (Å²) in [4.78, 5) is 0. The minimum Gasteiger partial charge on any atom is -0.415 e. The number of nitrogens with zero attached hydrogens (tertiary/aromatic N) is 1. The Hall–Kier alpha value is -0.549. The van der Waals surface area contributed by atoms with E-state index >= 15 is 0 Å². The Morgan fingerprint density at radius 1 is 0.853 bits per heavy atom. The topological polar surface area (TPSA) is 30.9 Å². The predicted octanol–water partition coefficient (Wildman–Crippen LogP) is 8.22. The minimum atomic E-state index is -2.05. The lowest BCUT2D eigenvalue weighted by atomic mass is 10.1. The molecule has 0 saturated heterocycles. The molecule has 0 spiro atoms. The van der Waals surface area contributed by atoms with Crippen LogP contribution in [0.1, 0.15) is 47.1 Å². The molecule has 0 heterocycles. The van der Waals surface area contributed by atoms with Gasteiger partial charge in [0.15, 0.2) is 16.6 Å². The van der Waals surface area contributed by atoms with Gasteiger partial charge in [0.25, 0.3) is 0 Å². The fourth-order valence-electron chi connectivity index (χ4n) is 2.99. The molecule has 0 fully saturated rings. The van der Waals surface area contributed by atoms with Crippen molar-refractivity contribution >= 4 is 25.0 Å². The van der Waals surface area contributed by atoms with Crippen molar-refractivity contribution in [2.45, 2.75) is 116 Å². The van der Waals surface area contributed by atoms with Gasteiger partial charge in [-0.15, -0.1) is 6.58 Å². The standard InChI is InChI=1S/C27H53NO3Si3/c1-15-25(30-34(13,14)27(5,6)7)24(22-29-33(11,12)26(2,3)4)28(31-32(8,9)10)21-23-19-17-16-18-20-23/h15-20,24-25H,1,21-22H2,2-14H3/t24-,25+/m1/s1. The van der Waals surface area contributed by atoms with Gasteiger partial charge in [0.1, 0.15) is 0 Å². The number of benzene rings is 1. The van der Waals surface area contributed by atoms with Gasteiger partial charge in [0, 0.05) is 6.54 Å². The lowest BCUT2D eigenvalue weighted by Gasteiger charge is -2.45. The molecule has 0 aliphatic heterocycles. The molecular formula is C27H53NO3Si3. The molecule has 1 aromatic rings. The molecule has 34 heavy (non-hydrogen) atoms. The summed E-state index contributed by atoms with van der Waals surface area (Å²) in [6.07, 6.45) is 1.77. The molecule has 0 amide bonds. The maximum Gasteiger partial charge on any atom is 0.212 e. The molecule has 0 radical (unpaired) electrons. The van der Waals surface area contributed by atoms with Gasteiger partial charge in [-0.2, -0.15) is 5.06 Å². The van der Waals surface area contributed by atoms with E-state index in [9.17, 15) is 0 Å². The highest BCUT2D eigenvalue weighted by atomic mass is 28.4. The molecule has 0 aliphatic carbocycles. The number of hydroxylamine groups is 2. The summed E-state index contributed by atoms with van der Waals surface area (Å²) in [5.74, 6) is 0. The van der Waals surface area contributed by atoms with E-state index in [1.54, 1.807) is 0 Å². The van der Waals surface area contributed by atoms with Gasteiger partial charge >= 0.3 is 0 Å². The van der Waals surface area contributed by atoms with Crippen LogP contribution in [0.3, 0.4) is 0 Å². The largest absolute Gasteiger partial charge is 0.415 e. The molecule has 0 bridgehead atoms. The Balaban J connectivity index is 3.45. The van der Waals surface area contributed by atoms with E-state index in [0.29, 0.717) is 13.2 Å². The van der Waals surface area contributed by atoms with E-state index in [1.165, 1.54) is 5.56 Å². The Morgan fingerprint density at radius 3 is 1.76 bits per heavy atom. The van der Waals surface area contributed by atoms with Crippen molar-refractivity contribution in [3.05, 3.63) is 48.6 Å². The van der Waals surface area contributed by atoms with Gasteiger partial charge in [-0.1, -0.05) is 78.0 Å². The monoisotopic (exact) mass is 523 g/mol. The van der Waals surface area contributed by atoms with Gasteiger partial charge in [0.05, 0.1) is 18.8 Å². The molecule has 1 rings (SSSR count). The second kappa shape index (κ2) is 11.7. The molecule has 4 nitrogen and oxygen atoms in total. The quantitative estimate of drug-likeness (QED) is 0.157. The number of rotatable bonds is 12. The van der Waals surface area contributed by atoms with Crippen LogP contribution in [-0.2, 0) is 19.9 Å². The third-order valence-corrected chi connectivity index (χ3v) is 17.0. The number of hydrogen-bond acceptors (Lipinski definition) is 4. The fourth-order valence-corrected chi connectivity index (χ4v) is 6.20. The summed E-state index contributed by atoms with van der Waals surface area (Å²) in [6.45, 7) is 35.0. The maximum atomic E-state index is 6.95. The Kier molecular flexibility index (Phi) is 10.8. The lowest BCUT2D eigenvalue weighted by Crippen LogP contribution is -2.56. The Morgan fingerprint density at radius 2 is 1.35 bits per heavy atom. The van der Waals surface area contributed by atoms with Crippen LogP contribution in [0.15, 0.2) is 43.0 Å². The smallest absolute Gasteiger partial charge is 0.212 e. The van der Waals surface area contributed by atoms with Crippen LogP contribution in [0.25, 0.3) is 0 Å². The highest BCUT2D eigenvalue weighted by Gasteiger charge is 2.43. The summed E-state index contributed by atoms with van der Waals surface area (Å²) in [5, 5.41) is 2.38. The second-order valence-electron chi connectivity index (χ2n) is 13.5. The van der Waals surface area contributed by atoms with Crippen LogP contribution < -0.4 is 0 Å². The third-order valence-electron chi connectivity index (χ3n) is 7.21. The minimum absolute atomic E-state index is 0.0901. The SMILES string of the molecule is C=C[C@H](O[Si](C)(C)C(C)(C)C)[C@@H](CO[Si](C)(C)C(C)(C)C)N(Cc1ccccc1)O[Si](C)(C)C. The Labute approximate surface area is 214 Å². The first kappa shape index (κ1) is 31.5. The van der Waals surface area contributed by atoms with Gasteiger partial charge in [-0.3, -0.25) is 0 Å². The molecule has 7 heteroatoms. The molecular weight excluding hydrogens is 471 g/mol. The highest BCUT2D eigenvalue weighted by molar-refractivity contribution is 6.74. The predicted molar refractivity (Wildman–Crippen MR) is 156 cm³/mol. The van der Waals surface area contributed by atoms with Gasteiger partial charge in [-0.05, 0) is 61.5 Å². The molecule has 0 N–H and O–H groups in total. The molecule has 2 atom stereocenters. The van der Waals surface area contributed by atoms with Crippen molar-refractivity contribution in [1.82, 2.24) is 5.06 Å². The van der Waals surface area contributed by atoms with E-state index in [0.717, 1.165) is 0 Å². The van der Waals surface area contributed by atoms with Gasteiger partial charge in [-0.25, -0.2) is 0 Å². The van der Waals surface area contributed by atoms with E-state index < -0.39 is 25.0 Å². The zero-order valence-electron chi connectivity index (χ0n) is 24.4. The van der Waals surface area contributed by atoms with Gasteiger partial charge < -0.3 is 13.4 Å². The van der Waals surface area contributed by atoms with Gasteiger partial charge in [0.2, 0.25) is 8.32 Å². The summed E-state index contributed by atoms with van der Waals surface area (Å²) in [5.41, 5.74) is 1.22. The van der Waals surface area contributed by atoms with Crippen molar-refractivity contribution in [3.63, 3.8) is 0 Å². The molecule has 0 unspecified atom stereocenters. The van der Waals surface area contributed by atoms with Crippen LogP contribution in [-0.4, -0.2) is 48.8 Å². The zero-order chi connectivity index (χ0) is 26.6. The van der Waals surface area contributed by atoms with E-state index in [4.69, 9.17) is 13.4 Å². The van der Waals surface area contributed by atoms with Crippen molar-refractivity contribution in [1.29, 1.82) is 0 Å². The van der Waals surface area contributed by atoms with E-state index in [1.807, 2.05) is 6.08 Å².